The fourth-order valence-electron chi connectivity index (χ4n) is 2.19. The second kappa shape index (κ2) is 3.70. The number of ether oxygens (including phenoxy) is 1. The Hall–Kier alpha value is -1.71. The van der Waals surface area contributed by atoms with Gasteiger partial charge in [0.1, 0.15) is 5.76 Å². The van der Waals surface area contributed by atoms with E-state index in [2.05, 4.69) is 19.2 Å². The SMILES string of the molecule is CC1(C)CC2=CC=COC2=C1CNC(=O)O. The summed E-state index contributed by atoms with van der Waals surface area (Å²) in [6, 6.07) is 0. The normalized spacial score (nSPS) is 21.2. The minimum Gasteiger partial charge on any atom is -0.465 e. The van der Waals surface area contributed by atoms with E-state index in [9.17, 15) is 4.79 Å². The van der Waals surface area contributed by atoms with Gasteiger partial charge in [-0.1, -0.05) is 19.9 Å². The first kappa shape index (κ1) is 10.8. The summed E-state index contributed by atoms with van der Waals surface area (Å²) in [4.78, 5) is 10.5. The minimum atomic E-state index is -1.01. The van der Waals surface area contributed by atoms with Gasteiger partial charge in [-0.3, -0.25) is 0 Å². The van der Waals surface area contributed by atoms with Gasteiger partial charge in [0.15, 0.2) is 0 Å². The molecule has 0 atom stereocenters. The fraction of sp³-hybridized carbons (Fsp3) is 0.417. The molecule has 0 bridgehead atoms. The van der Waals surface area contributed by atoms with Crippen molar-refractivity contribution in [1.29, 1.82) is 0 Å². The molecular weight excluding hydrogens is 206 g/mol. The van der Waals surface area contributed by atoms with Crippen LogP contribution in [0.2, 0.25) is 0 Å². The third-order valence-corrected chi connectivity index (χ3v) is 2.99. The van der Waals surface area contributed by atoms with Crippen molar-refractivity contribution in [3.8, 4) is 0 Å². The van der Waals surface area contributed by atoms with Gasteiger partial charge in [0.05, 0.1) is 6.26 Å². The average molecular weight is 221 g/mol. The Morgan fingerprint density at radius 2 is 2.38 bits per heavy atom. The summed E-state index contributed by atoms with van der Waals surface area (Å²) < 4.78 is 5.48. The van der Waals surface area contributed by atoms with Crippen LogP contribution in [-0.2, 0) is 4.74 Å². The Kier molecular flexibility index (Phi) is 2.50. The molecule has 2 aliphatic rings. The van der Waals surface area contributed by atoms with Crippen LogP contribution in [0.15, 0.2) is 35.3 Å². The van der Waals surface area contributed by atoms with Gasteiger partial charge in [-0.05, 0) is 29.1 Å². The summed E-state index contributed by atoms with van der Waals surface area (Å²) in [5.74, 6) is 0.834. The molecule has 0 saturated carbocycles. The number of nitrogens with one attached hydrogen (secondary N) is 1. The first-order chi connectivity index (χ1) is 7.50. The highest BCUT2D eigenvalue weighted by molar-refractivity contribution is 5.65. The highest BCUT2D eigenvalue weighted by atomic mass is 16.5. The van der Waals surface area contributed by atoms with Crippen LogP contribution >= 0.6 is 0 Å². The monoisotopic (exact) mass is 221 g/mol. The van der Waals surface area contributed by atoms with E-state index < -0.39 is 6.09 Å². The van der Waals surface area contributed by atoms with Gasteiger partial charge in [0.25, 0.3) is 0 Å². The van der Waals surface area contributed by atoms with Crippen molar-refractivity contribution in [2.24, 2.45) is 5.41 Å². The molecule has 4 heteroatoms. The topological polar surface area (TPSA) is 58.6 Å². The Labute approximate surface area is 94.3 Å². The lowest BCUT2D eigenvalue weighted by molar-refractivity contribution is 0.194. The number of fused-ring (bicyclic) bond motifs is 1. The minimum absolute atomic E-state index is 0.0460. The second-order valence-electron chi connectivity index (χ2n) is 4.67. The zero-order valence-corrected chi connectivity index (χ0v) is 9.41. The summed E-state index contributed by atoms with van der Waals surface area (Å²) in [5.41, 5.74) is 2.12. The molecule has 1 heterocycles. The summed E-state index contributed by atoms with van der Waals surface area (Å²) in [6.45, 7) is 4.52. The van der Waals surface area contributed by atoms with E-state index in [0.717, 1.165) is 23.3 Å². The van der Waals surface area contributed by atoms with Gasteiger partial charge in [0.2, 0.25) is 0 Å². The summed E-state index contributed by atoms with van der Waals surface area (Å²) in [7, 11) is 0. The molecular formula is C12H15NO3. The molecule has 4 nitrogen and oxygen atoms in total. The van der Waals surface area contributed by atoms with E-state index in [1.165, 1.54) is 0 Å². The largest absolute Gasteiger partial charge is 0.465 e. The molecule has 16 heavy (non-hydrogen) atoms. The predicted molar refractivity (Wildman–Crippen MR) is 59.8 cm³/mol. The van der Waals surface area contributed by atoms with Crippen molar-refractivity contribution in [2.45, 2.75) is 20.3 Å². The first-order valence-corrected chi connectivity index (χ1v) is 5.24. The summed E-state index contributed by atoms with van der Waals surface area (Å²) in [5, 5.41) is 11.0. The maximum Gasteiger partial charge on any atom is 0.404 e. The zero-order valence-electron chi connectivity index (χ0n) is 9.41. The van der Waals surface area contributed by atoms with Crippen molar-refractivity contribution in [3.05, 3.63) is 35.3 Å². The van der Waals surface area contributed by atoms with Crippen molar-refractivity contribution in [3.63, 3.8) is 0 Å². The van der Waals surface area contributed by atoms with Crippen LogP contribution in [0.25, 0.3) is 0 Å². The van der Waals surface area contributed by atoms with Crippen molar-refractivity contribution in [1.82, 2.24) is 5.32 Å². The number of carboxylic acid groups (broad SMARTS) is 1. The molecule has 1 aliphatic heterocycles. The predicted octanol–water partition coefficient (Wildman–Crippen LogP) is 2.41. The lowest BCUT2D eigenvalue weighted by atomic mass is 9.85. The lowest BCUT2D eigenvalue weighted by Crippen LogP contribution is -2.28. The van der Waals surface area contributed by atoms with Gasteiger partial charge in [-0.2, -0.15) is 0 Å². The highest BCUT2D eigenvalue weighted by Crippen LogP contribution is 2.46. The Balaban J connectivity index is 2.27. The van der Waals surface area contributed by atoms with E-state index in [1.54, 1.807) is 6.26 Å². The van der Waals surface area contributed by atoms with Gasteiger partial charge >= 0.3 is 6.09 Å². The number of rotatable bonds is 2. The molecule has 86 valence electrons. The van der Waals surface area contributed by atoms with E-state index in [1.807, 2.05) is 12.2 Å². The molecule has 0 aromatic rings. The lowest BCUT2D eigenvalue weighted by Gasteiger charge is -2.21. The molecule has 0 aromatic heterocycles. The van der Waals surface area contributed by atoms with E-state index in [0.29, 0.717) is 6.54 Å². The summed E-state index contributed by atoms with van der Waals surface area (Å²) >= 11 is 0. The number of amides is 1. The van der Waals surface area contributed by atoms with Crippen LogP contribution < -0.4 is 5.32 Å². The van der Waals surface area contributed by atoms with Crippen LogP contribution in [0.4, 0.5) is 4.79 Å². The molecule has 2 rings (SSSR count). The van der Waals surface area contributed by atoms with E-state index in [4.69, 9.17) is 9.84 Å². The van der Waals surface area contributed by atoms with Crippen molar-refractivity contribution < 1.29 is 14.6 Å². The first-order valence-electron chi connectivity index (χ1n) is 5.24. The van der Waals surface area contributed by atoms with Gasteiger partial charge in [-0.15, -0.1) is 0 Å². The highest BCUT2D eigenvalue weighted by Gasteiger charge is 2.37. The third kappa shape index (κ3) is 1.83. The number of allylic oxidation sites excluding steroid dienone is 3. The molecule has 0 fully saturated rings. The van der Waals surface area contributed by atoms with Crippen molar-refractivity contribution in [2.75, 3.05) is 6.54 Å². The van der Waals surface area contributed by atoms with Crippen molar-refractivity contribution >= 4 is 6.09 Å². The maximum atomic E-state index is 10.5. The zero-order chi connectivity index (χ0) is 11.8. The van der Waals surface area contributed by atoms with Gasteiger partial charge < -0.3 is 15.2 Å². The fourth-order valence-corrected chi connectivity index (χ4v) is 2.19. The van der Waals surface area contributed by atoms with Crippen LogP contribution in [0.3, 0.4) is 0 Å². The van der Waals surface area contributed by atoms with Gasteiger partial charge in [0, 0.05) is 6.54 Å². The smallest absolute Gasteiger partial charge is 0.404 e. The summed E-state index contributed by atoms with van der Waals surface area (Å²) in [6.07, 6.45) is 5.40. The Bertz CT molecular complexity index is 416. The number of hydrogen-bond donors (Lipinski definition) is 2. The number of carbonyl (C=O) groups is 1. The van der Waals surface area contributed by atoms with Crippen LogP contribution in [-0.4, -0.2) is 17.7 Å². The quantitative estimate of drug-likeness (QED) is 0.752. The van der Waals surface area contributed by atoms with Crippen LogP contribution in [0.1, 0.15) is 20.3 Å². The standard InChI is InChI=1S/C12H15NO3/c1-12(2)6-8-4-3-5-16-10(8)9(12)7-13-11(14)15/h3-5,13H,6-7H2,1-2H3,(H,14,15). The Morgan fingerprint density at radius 1 is 1.62 bits per heavy atom. The van der Waals surface area contributed by atoms with Gasteiger partial charge in [-0.25, -0.2) is 4.79 Å². The molecule has 1 aliphatic carbocycles. The van der Waals surface area contributed by atoms with Crippen LogP contribution in [0.5, 0.6) is 0 Å². The Morgan fingerprint density at radius 3 is 3.06 bits per heavy atom. The molecule has 0 unspecified atom stereocenters. The molecule has 1 amide bonds. The molecule has 0 spiro atoms. The average Bonchev–Trinajstić information content (AvgIpc) is 2.44. The third-order valence-electron chi connectivity index (χ3n) is 2.99. The molecule has 0 saturated heterocycles. The molecule has 0 radical (unpaired) electrons. The maximum absolute atomic E-state index is 10.5. The molecule has 0 aromatic carbocycles. The van der Waals surface area contributed by atoms with E-state index >= 15 is 0 Å². The van der Waals surface area contributed by atoms with Crippen LogP contribution in [0, 0.1) is 5.41 Å². The molecule has 2 N–H and O–H groups in total. The second-order valence-corrected chi connectivity index (χ2v) is 4.67. The van der Waals surface area contributed by atoms with E-state index in [-0.39, 0.29) is 5.41 Å². The number of hydrogen-bond acceptors (Lipinski definition) is 2.